The Balaban J connectivity index is 1.89. The van der Waals surface area contributed by atoms with Crippen LogP contribution < -0.4 is 0 Å². The molecular weight excluding hydrogens is 567 g/mol. The maximum atomic E-state index is 14.0. The van der Waals surface area contributed by atoms with E-state index < -0.39 is 20.7 Å². The molecule has 4 rings (SSSR count). The van der Waals surface area contributed by atoms with Gasteiger partial charge in [-0.05, 0) is 71.8 Å². The first-order chi connectivity index (χ1) is 20.0. The molecule has 1 heterocycles. The summed E-state index contributed by atoms with van der Waals surface area (Å²) < 4.78 is 19.8. The third-order valence-electron chi connectivity index (χ3n) is 8.43. The van der Waals surface area contributed by atoms with Crippen LogP contribution in [0.1, 0.15) is 131 Å². The second-order valence-corrected chi connectivity index (χ2v) is 17.8. The SMILES string of the molecule is CC1=C/C2=C3\CCC(C)=CC3=C(C(C)(C)C)OP(OC(=O)c3cc(C(C)(C)C)c(O)c(C(C)(C)C)c3)OC2C(C(C)(C)C)=C1. The van der Waals surface area contributed by atoms with Gasteiger partial charge in [-0.25, -0.2) is 4.79 Å². The van der Waals surface area contributed by atoms with Crippen molar-refractivity contribution in [2.75, 3.05) is 0 Å². The minimum absolute atomic E-state index is 0.187. The molecule has 0 amide bonds. The molecule has 0 bridgehead atoms. The van der Waals surface area contributed by atoms with Crippen molar-refractivity contribution in [3.05, 3.63) is 86.2 Å². The van der Waals surface area contributed by atoms with E-state index in [9.17, 15) is 9.90 Å². The van der Waals surface area contributed by atoms with Crippen molar-refractivity contribution in [3.63, 3.8) is 0 Å². The lowest BCUT2D eigenvalue weighted by atomic mass is 9.73. The Hall–Kier alpha value is -2.62. The van der Waals surface area contributed by atoms with Crippen LogP contribution in [0.5, 0.6) is 5.75 Å². The second-order valence-electron chi connectivity index (χ2n) is 16.8. The van der Waals surface area contributed by atoms with E-state index in [1.54, 1.807) is 12.1 Å². The summed E-state index contributed by atoms with van der Waals surface area (Å²) in [6, 6.07) is 3.50. The first-order valence-corrected chi connectivity index (χ1v) is 16.9. The molecule has 5 nitrogen and oxygen atoms in total. The summed E-state index contributed by atoms with van der Waals surface area (Å²) in [4.78, 5) is 14.0. The summed E-state index contributed by atoms with van der Waals surface area (Å²) in [6.07, 6.45) is 8.14. The predicted molar refractivity (Wildman–Crippen MR) is 182 cm³/mol. The average Bonchev–Trinajstić information content (AvgIpc) is 2.84. The molecule has 0 fully saturated rings. The van der Waals surface area contributed by atoms with Crippen molar-refractivity contribution in [2.45, 2.75) is 127 Å². The summed E-state index contributed by atoms with van der Waals surface area (Å²) in [5.74, 6) is 0.457. The molecule has 6 heteroatoms. The van der Waals surface area contributed by atoms with Crippen LogP contribution in [0.25, 0.3) is 0 Å². The molecule has 2 atom stereocenters. The number of aromatic hydroxyl groups is 1. The smallest absolute Gasteiger partial charge is 0.466 e. The monoisotopic (exact) mass is 620 g/mol. The zero-order valence-corrected chi connectivity index (χ0v) is 30.3. The van der Waals surface area contributed by atoms with Crippen molar-refractivity contribution < 1.29 is 23.5 Å². The highest BCUT2D eigenvalue weighted by Gasteiger charge is 2.42. The number of carbonyl (C=O) groups excluding carboxylic acids is 1. The number of rotatable bonds is 2. The highest BCUT2D eigenvalue weighted by molar-refractivity contribution is 7.42. The summed E-state index contributed by atoms with van der Waals surface area (Å²) in [5.41, 5.74) is 7.48. The number of hydrogen-bond donors (Lipinski definition) is 1. The molecule has 2 aliphatic carbocycles. The normalized spacial score (nSPS) is 23.4. The Morgan fingerprint density at radius 3 is 1.89 bits per heavy atom. The molecule has 0 saturated carbocycles. The van der Waals surface area contributed by atoms with Crippen molar-refractivity contribution in [3.8, 4) is 5.75 Å². The lowest BCUT2D eigenvalue weighted by Crippen LogP contribution is -2.31. The van der Waals surface area contributed by atoms with Gasteiger partial charge >= 0.3 is 14.6 Å². The lowest BCUT2D eigenvalue weighted by molar-refractivity contribution is 0.0656. The Morgan fingerprint density at radius 1 is 0.818 bits per heavy atom. The fraction of sp³-hybridized carbons (Fsp3) is 0.553. The molecule has 0 saturated heterocycles. The number of hydrogen-bond acceptors (Lipinski definition) is 5. The topological polar surface area (TPSA) is 65.0 Å². The van der Waals surface area contributed by atoms with Gasteiger partial charge in [0.05, 0.1) is 5.56 Å². The van der Waals surface area contributed by atoms with Crippen LogP contribution in [-0.2, 0) is 24.4 Å². The van der Waals surface area contributed by atoms with Gasteiger partial charge in [0.25, 0.3) is 0 Å². The van der Waals surface area contributed by atoms with Crippen LogP contribution in [0.15, 0.2) is 69.6 Å². The zero-order chi connectivity index (χ0) is 33.2. The summed E-state index contributed by atoms with van der Waals surface area (Å²) in [7, 11) is -2.15. The molecule has 1 aromatic carbocycles. The first kappa shape index (κ1) is 34.3. The number of fused-ring (bicyclic) bond motifs is 2. The van der Waals surface area contributed by atoms with Gasteiger partial charge in [0.15, 0.2) is 0 Å². The summed E-state index contributed by atoms with van der Waals surface area (Å²) in [6.45, 7) is 29.4. The average molecular weight is 621 g/mol. The van der Waals surface area contributed by atoms with Gasteiger partial charge in [0.1, 0.15) is 17.6 Å². The Morgan fingerprint density at radius 2 is 1.39 bits per heavy atom. The number of benzene rings is 1. The van der Waals surface area contributed by atoms with Gasteiger partial charge in [-0.3, -0.25) is 4.52 Å². The molecule has 1 aromatic rings. The van der Waals surface area contributed by atoms with Gasteiger partial charge in [0.2, 0.25) is 0 Å². The second kappa shape index (κ2) is 11.6. The Labute approximate surface area is 267 Å². The van der Waals surface area contributed by atoms with E-state index in [0.29, 0.717) is 16.7 Å². The molecule has 2 unspecified atom stereocenters. The van der Waals surface area contributed by atoms with E-state index in [2.05, 4.69) is 73.6 Å². The standard InChI is InChI=1S/C38H53O5P/c1-22-15-16-25-26-18-23(2)19-30(37(9,10)11)32(26)41-44(42-33(27(25)17-22)38(12,13)14)43-34(40)24-20-28(35(3,4)5)31(39)29(21-24)36(6,7)8/h17-21,32,39H,15-16H2,1-14H3/b26-25-,33-27?. The third kappa shape index (κ3) is 7.10. The molecule has 44 heavy (non-hydrogen) atoms. The van der Waals surface area contributed by atoms with Gasteiger partial charge in [-0.15, -0.1) is 0 Å². The number of phenols is 1. The quantitative estimate of drug-likeness (QED) is 0.333. The van der Waals surface area contributed by atoms with Crippen LogP contribution in [0, 0.1) is 10.8 Å². The van der Waals surface area contributed by atoms with Crippen LogP contribution in [-0.4, -0.2) is 17.2 Å². The molecule has 0 spiro atoms. The minimum atomic E-state index is -2.15. The maximum absolute atomic E-state index is 14.0. The molecule has 1 aliphatic heterocycles. The summed E-state index contributed by atoms with van der Waals surface area (Å²) >= 11 is 0. The fourth-order valence-corrected chi connectivity index (χ4v) is 7.30. The van der Waals surface area contributed by atoms with E-state index in [-0.39, 0.29) is 27.4 Å². The zero-order valence-electron chi connectivity index (χ0n) is 29.4. The van der Waals surface area contributed by atoms with E-state index >= 15 is 0 Å². The largest absolute Gasteiger partial charge is 0.507 e. The van der Waals surface area contributed by atoms with E-state index in [1.807, 2.05) is 41.5 Å². The van der Waals surface area contributed by atoms with Crippen LogP contribution >= 0.6 is 8.60 Å². The number of allylic oxidation sites excluding steroid dienone is 7. The van der Waals surface area contributed by atoms with Gasteiger partial charge < -0.3 is 14.2 Å². The first-order valence-electron chi connectivity index (χ1n) is 15.8. The highest BCUT2D eigenvalue weighted by Crippen LogP contribution is 2.56. The van der Waals surface area contributed by atoms with Crippen LogP contribution in [0.3, 0.4) is 0 Å². The molecule has 0 radical (unpaired) electrons. The fourth-order valence-electron chi connectivity index (χ4n) is 6.01. The molecule has 1 N–H and O–H groups in total. The molecular formula is C38H53O5P. The number of carbonyl (C=O) groups is 1. The molecule has 240 valence electrons. The van der Waals surface area contributed by atoms with Gasteiger partial charge in [-0.2, -0.15) is 0 Å². The molecule has 0 aromatic heterocycles. The van der Waals surface area contributed by atoms with Crippen molar-refractivity contribution in [1.82, 2.24) is 0 Å². The van der Waals surface area contributed by atoms with Gasteiger partial charge in [-0.1, -0.05) is 112 Å². The predicted octanol–water partition coefficient (Wildman–Crippen LogP) is 11.1. The van der Waals surface area contributed by atoms with E-state index in [1.165, 1.54) is 16.7 Å². The summed E-state index contributed by atoms with van der Waals surface area (Å²) in [5, 5.41) is 11.2. The highest BCUT2D eigenvalue weighted by atomic mass is 31.2. The van der Waals surface area contributed by atoms with Gasteiger partial charge in [0, 0.05) is 22.1 Å². The van der Waals surface area contributed by atoms with E-state index in [0.717, 1.165) is 35.3 Å². The van der Waals surface area contributed by atoms with Crippen LogP contribution in [0.2, 0.25) is 0 Å². The van der Waals surface area contributed by atoms with Crippen molar-refractivity contribution in [2.24, 2.45) is 10.8 Å². The number of phenolic OH excluding ortho intramolecular Hbond substituents is 1. The van der Waals surface area contributed by atoms with Crippen molar-refractivity contribution in [1.29, 1.82) is 0 Å². The third-order valence-corrected chi connectivity index (χ3v) is 9.46. The molecule has 3 aliphatic rings. The lowest BCUT2D eigenvalue weighted by Gasteiger charge is -2.40. The van der Waals surface area contributed by atoms with E-state index in [4.69, 9.17) is 13.6 Å². The van der Waals surface area contributed by atoms with Crippen molar-refractivity contribution >= 4 is 14.6 Å². The Bertz CT molecular complexity index is 1470. The minimum Gasteiger partial charge on any atom is -0.507 e. The Kier molecular flexibility index (Phi) is 9.05. The van der Waals surface area contributed by atoms with Crippen LogP contribution in [0.4, 0.5) is 0 Å². The maximum Gasteiger partial charge on any atom is 0.466 e.